The molecule has 0 radical (unpaired) electrons. The van der Waals surface area contributed by atoms with Crippen LogP contribution in [0.25, 0.3) is 0 Å². The first-order chi connectivity index (χ1) is 9.52. The molecule has 0 aromatic heterocycles. The van der Waals surface area contributed by atoms with E-state index in [1.807, 2.05) is 26.0 Å². The average Bonchev–Trinajstić information content (AvgIpc) is 2.43. The summed E-state index contributed by atoms with van der Waals surface area (Å²) >= 11 is 0. The van der Waals surface area contributed by atoms with Gasteiger partial charge in [-0.05, 0) is 38.0 Å². The van der Waals surface area contributed by atoms with Crippen molar-refractivity contribution in [1.29, 1.82) is 0 Å². The van der Waals surface area contributed by atoms with Gasteiger partial charge in [-0.1, -0.05) is 12.1 Å². The summed E-state index contributed by atoms with van der Waals surface area (Å²) in [5.74, 6) is -0.122. The maximum atomic E-state index is 11.7. The number of carbonyl (C=O) groups excluding carboxylic acids is 2. The normalized spacial score (nSPS) is 11.8. The lowest BCUT2D eigenvalue weighted by molar-refractivity contribution is -0.121. The largest absolute Gasteiger partial charge is 0.352 e. The molecule has 4 N–H and O–H groups in total. The predicted octanol–water partition coefficient (Wildman–Crippen LogP) is 1.18. The molecule has 1 atom stereocenters. The molecular weight excluding hydrogens is 254 g/mol. The van der Waals surface area contributed by atoms with Crippen LogP contribution in [0.5, 0.6) is 0 Å². The highest BCUT2D eigenvalue weighted by molar-refractivity contribution is 5.94. The molecule has 1 aromatic rings. The number of hydrogen-bond acceptors (Lipinski definition) is 3. The molecule has 0 bridgehead atoms. The number of benzene rings is 1. The van der Waals surface area contributed by atoms with Crippen LogP contribution in [-0.4, -0.2) is 24.4 Å². The lowest BCUT2D eigenvalue weighted by Gasteiger charge is -2.08. The van der Waals surface area contributed by atoms with E-state index in [-0.39, 0.29) is 17.9 Å². The molecule has 0 saturated carbocycles. The zero-order valence-corrected chi connectivity index (χ0v) is 12.1. The summed E-state index contributed by atoms with van der Waals surface area (Å²) in [5.41, 5.74) is 7.12. The lowest BCUT2D eigenvalue weighted by atomic mass is 10.1. The number of nitrogens with two attached hydrogens (primary N) is 1. The van der Waals surface area contributed by atoms with Crippen LogP contribution < -0.4 is 16.4 Å². The van der Waals surface area contributed by atoms with Gasteiger partial charge < -0.3 is 16.4 Å². The van der Waals surface area contributed by atoms with Crippen molar-refractivity contribution in [3.05, 3.63) is 35.4 Å². The Morgan fingerprint density at radius 2 is 2.05 bits per heavy atom. The van der Waals surface area contributed by atoms with Crippen molar-refractivity contribution in [2.75, 3.05) is 6.54 Å². The zero-order valence-electron chi connectivity index (χ0n) is 12.1. The van der Waals surface area contributed by atoms with Gasteiger partial charge in [0.2, 0.25) is 5.91 Å². The van der Waals surface area contributed by atoms with E-state index in [1.54, 1.807) is 12.1 Å². The van der Waals surface area contributed by atoms with Crippen LogP contribution in [0.4, 0.5) is 0 Å². The quantitative estimate of drug-likeness (QED) is 0.699. The van der Waals surface area contributed by atoms with E-state index in [9.17, 15) is 9.59 Å². The number of rotatable bonds is 7. The van der Waals surface area contributed by atoms with E-state index in [2.05, 4.69) is 10.6 Å². The van der Waals surface area contributed by atoms with E-state index in [0.717, 1.165) is 5.56 Å². The molecule has 0 aliphatic carbocycles. The van der Waals surface area contributed by atoms with Crippen molar-refractivity contribution >= 4 is 11.8 Å². The standard InChI is InChI=1S/C15H23N3O2/c1-3-17-15(20)13-6-4-5-12(9-13)10-18-14(19)8-7-11(2)16/h4-6,9,11H,3,7-8,10,16H2,1-2H3,(H,17,20)(H,18,19). The first-order valence-electron chi connectivity index (χ1n) is 6.92. The first-order valence-corrected chi connectivity index (χ1v) is 6.92. The number of carbonyl (C=O) groups is 2. The molecule has 5 heteroatoms. The Kier molecular flexibility index (Phi) is 6.73. The Hall–Kier alpha value is -1.88. The van der Waals surface area contributed by atoms with Crippen LogP contribution in [0.15, 0.2) is 24.3 Å². The minimum absolute atomic E-state index is 0.0225. The SMILES string of the molecule is CCNC(=O)c1cccc(CNC(=O)CCC(C)N)c1. The number of nitrogens with one attached hydrogen (secondary N) is 2. The predicted molar refractivity (Wildman–Crippen MR) is 79.2 cm³/mol. The molecule has 0 fully saturated rings. The van der Waals surface area contributed by atoms with Crippen molar-refractivity contribution in [1.82, 2.24) is 10.6 Å². The van der Waals surface area contributed by atoms with E-state index in [4.69, 9.17) is 5.73 Å². The zero-order chi connectivity index (χ0) is 15.0. The highest BCUT2D eigenvalue weighted by atomic mass is 16.2. The van der Waals surface area contributed by atoms with Crippen LogP contribution in [0.1, 0.15) is 42.6 Å². The molecule has 20 heavy (non-hydrogen) atoms. The average molecular weight is 277 g/mol. The van der Waals surface area contributed by atoms with Crippen LogP contribution in [0, 0.1) is 0 Å². The second-order valence-corrected chi connectivity index (χ2v) is 4.85. The molecule has 0 aliphatic rings. The Bertz CT molecular complexity index is 458. The van der Waals surface area contributed by atoms with Gasteiger partial charge in [-0.25, -0.2) is 0 Å². The van der Waals surface area contributed by atoms with Gasteiger partial charge in [0, 0.05) is 31.1 Å². The Labute approximate surface area is 119 Å². The molecule has 1 unspecified atom stereocenters. The molecule has 110 valence electrons. The molecule has 5 nitrogen and oxygen atoms in total. The van der Waals surface area contributed by atoms with Gasteiger partial charge >= 0.3 is 0 Å². The second-order valence-electron chi connectivity index (χ2n) is 4.85. The summed E-state index contributed by atoms with van der Waals surface area (Å²) in [5, 5.41) is 5.57. The smallest absolute Gasteiger partial charge is 0.251 e. The van der Waals surface area contributed by atoms with Crippen molar-refractivity contribution in [2.24, 2.45) is 5.73 Å². The highest BCUT2D eigenvalue weighted by Crippen LogP contribution is 2.05. The van der Waals surface area contributed by atoms with Gasteiger partial charge in [-0.2, -0.15) is 0 Å². The topological polar surface area (TPSA) is 84.2 Å². The van der Waals surface area contributed by atoms with Gasteiger partial charge in [-0.15, -0.1) is 0 Å². The third-order valence-corrected chi connectivity index (χ3v) is 2.84. The van der Waals surface area contributed by atoms with Crippen molar-refractivity contribution in [3.8, 4) is 0 Å². The van der Waals surface area contributed by atoms with E-state index >= 15 is 0 Å². The molecular formula is C15H23N3O2. The summed E-state index contributed by atoms with van der Waals surface area (Å²) in [6.45, 7) is 4.77. The van der Waals surface area contributed by atoms with Gasteiger partial charge in [-0.3, -0.25) is 9.59 Å². The Balaban J connectivity index is 2.50. The summed E-state index contributed by atoms with van der Waals surface area (Å²) in [7, 11) is 0. The van der Waals surface area contributed by atoms with Gasteiger partial charge in [0.25, 0.3) is 5.91 Å². The molecule has 0 spiro atoms. The maximum absolute atomic E-state index is 11.7. The van der Waals surface area contributed by atoms with Gasteiger partial charge in [0.1, 0.15) is 0 Å². The summed E-state index contributed by atoms with van der Waals surface area (Å²) in [6, 6.07) is 7.27. The Morgan fingerprint density at radius 1 is 1.30 bits per heavy atom. The third kappa shape index (κ3) is 5.84. The minimum atomic E-state index is -0.0994. The lowest BCUT2D eigenvalue weighted by Crippen LogP contribution is -2.26. The number of amides is 2. The third-order valence-electron chi connectivity index (χ3n) is 2.84. The molecule has 0 heterocycles. The van der Waals surface area contributed by atoms with Gasteiger partial charge in [0.15, 0.2) is 0 Å². The second kappa shape index (κ2) is 8.32. The molecule has 1 aromatic carbocycles. The number of hydrogen-bond donors (Lipinski definition) is 3. The van der Waals surface area contributed by atoms with Crippen LogP contribution in [0.2, 0.25) is 0 Å². The first kappa shape index (κ1) is 16.2. The molecule has 0 saturated heterocycles. The summed E-state index contributed by atoms with van der Waals surface area (Å²) in [6.07, 6.45) is 1.10. The fraction of sp³-hybridized carbons (Fsp3) is 0.467. The monoisotopic (exact) mass is 277 g/mol. The van der Waals surface area contributed by atoms with Gasteiger partial charge in [0.05, 0.1) is 0 Å². The highest BCUT2D eigenvalue weighted by Gasteiger charge is 2.06. The van der Waals surface area contributed by atoms with Crippen LogP contribution in [0.3, 0.4) is 0 Å². The van der Waals surface area contributed by atoms with Crippen molar-refractivity contribution in [3.63, 3.8) is 0 Å². The summed E-state index contributed by atoms with van der Waals surface area (Å²) in [4.78, 5) is 23.3. The van der Waals surface area contributed by atoms with E-state index in [1.165, 1.54) is 0 Å². The van der Waals surface area contributed by atoms with E-state index in [0.29, 0.717) is 31.5 Å². The Morgan fingerprint density at radius 3 is 2.70 bits per heavy atom. The maximum Gasteiger partial charge on any atom is 0.251 e. The summed E-state index contributed by atoms with van der Waals surface area (Å²) < 4.78 is 0. The van der Waals surface area contributed by atoms with Crippen molar-refractivity contribution < 1.29 is 9.59 Å². The fourth-order valence-corrected chi connectivity index (χ4v) is 1.73. The minimum Gasteiger partial charge on any atom is -0.352 e. The molecule has 2 amide bonds. The fourth-order valence-electron chi connectivity index (χ4n) is 1.73. The molecule has 1 rings (SSSR count). The van der Waals surface area contributed by atoms with E-state index < -0.39 is 0 Å². The molecule has 0 aliphatic heterocycles. The van der Waals surface area contributed by atoms with Crippen LogP contribution in [-0.2, 0) is 11.3 Å². The van der Waals surface area contributed by atoms with Crippen LogP contribution >= 0.6 is 0 Å². The van der Waals surface area contributed by atoms with Crippen molar-refractivity contribution in [2.45, 2.75) is 39.3 Å².